The van der Waals surface area contributed by atoms with Crippen molar-refractivity contribution < 1.29 is 0 Å². The van der Waals surface area contributed by atoms with Gasteiger partial charge in [0, 0.05) is 30.7 Å². The van der Waals surface area contributed by atoms with E-state index in [0.717, 1.165) is 5.69 Å². The number of pyridine rings is 1. The maximum atomic E-state index is 4.55. The Hall–Kier alpha value is -1.31. The SMILES string of the molecule is CC(C)c1cc2ccn(C)cc-2n1. The highest BCUT2D eigenvalue weighted by Gasteiger charge is 2.10. The van der Waals surface area contributed by atoms with E-state index in [0.29, 0.717) is 5.92 Å². The van der Waals surface area contributed by atoms with E-state index in [1.165, 1.54) is 11.3 Å². The minimum Gasteiger partial charge on any atom is -0.355 e. The predicted molar refractivity (Wildman–Crippen MR) is 53.9 cm³/mol. The summed E-state index contributed by atoms with van der Waals surface area (Å²) in [5.41, 5.74) is 3.51. The van der Waals surface area contributed by atoms with Gasteiger partial charge in [0.2, 0.25) is 0 Å². The van der Waals surface area contributed by atoms with E-state index < -0.39 is 0 Å². The highest BCUT2D eigenvalue weighted by Crippen LogP contribution is 2.25. The van der Waals surface area contributed by atoms with Crippen molar-refractivity contribution in [3.63, 3.8) is 0 Å². The van der Waals surface area contributed by atoms with E-state index in [4.69, 9.17) is 0 Å². The average Bonchev–Trinajstić information content (AvgIpc) is 2.46. The fourth-order valence-electron chi connectivity index (χ4n) is 1.44. The van der Waals surface area contributed by atoms with Crippen LogP contribution >= 0.6 is 0 Å². The Labute approximate surface area is 78.6 Å². The molecule has 0 N–H and O–H groups in total. The number of hydrogen-bond acceptors (Lipinski definition) is 1. The van der Waals surface area contributed by atoms with E-state index in [9.17, 15) is 0 Å². The van der Waals surface area contributed by atoms with Crippen molar-refractivity contribution in [3.8, 4) is 11.3 Å². The summed E-state index contributed by atoms with van der Waals surface area (Å²) < 4.78 is 2.03. The van der Waals surface area contributed by atoms with Gasteiger partial charge in [-0.15, -0.1) is 0 Å². The van der Waals surface area contributed by atoms with Crippen molar-refractivity contribution in [2.75, 3.05) is 0 Å². The highest BCUT2D eigenvalue weighted by molar-refractivity contribution is 5.61. The molecule has 0 aromatic carbocycles. The molecular weight excluding hydrogens is 160 g/mol. The molecule has 13 heavy (non-hydrogen) atoms. The number of hydrogen-bond donors (Lipinski definition) is 0. The molecule has 0 radical (unpaired) electrons. The Morgan fingerprint density at radius 3 is 2.85 bits per heavy atom. The Balaban J connectivity index is 2.57. The fourth-order valence-corrected chi connectivity index (χ4v) is 1.44. The molecule has 0 amide bonds. The van der Waals surface area contributed by atoms with Crippen LogP contribution in [-0.4, -0.2) is 9.55 Å². The van der Waals surface area contributed by atoms with E-state index in [1.54, 1.807) is 0 Å². The first-order valence-electron chi connectivity index (χ1n) is 4.59. The average molecular weight is 174 g/mol. The largest absolute Gasteiger partial charge is 0.355 e. The second kappa shape index (κ2) is 2.87. The summed E-state index contributed by atoms with van der Waals surface area (Å²) in [6.07, 6.45) is 4.11. The van der Waals surface area contributed by atoms with Crippen LogP contribution in [0.15, 0.2) is 24.5 Å². The smallest absolute Gasteiger partial charge is 0.0868 e. The van der Waals surface area contributed by atoms with Crippen LogP contribution in [0, 0.1) is 0 Å². The van der Waals surface area contributed by atoms with Crippen LogP contribution in [0.4, 0.5) is 0 Å². The number of aromatic nitrogens is 2. The molecule has 0 spiro atoms. The van der Waals surface area contributed by atoms with Gasteiger partial charge in [0.15, 0.2) is 0 Å². The molecule has 0 saturated carbocycles. The standard InChI is InChI=1S/C11H14N2/c1-8(2)10-6-9-4-5-13(3)7-11(9)12-10/h4-8H,1-3H3. The third-order valence-corrected chi connectivity index (χ3v) is 2.26. The van der Waals surface area contributed by atoms with Gasteiger partial charge < -0.3 is 4.57 Å². The molecule has 0 fully saturated rings. The van der Waals surface area contributed by atoms with Crippen LogP contribution in [0.25, 0.3) is 11.3 Å². The molecule has 0 atom stereocenters. The quantitative estimate of drug-likeness (QED) is 0.650. The van der Waals surface area contributed by atoms with Crippen molar-refractivity contribution in [2.45, 2.75) is 19.8 Å². The number of rotatable bonds is 1. The summed E-state index contributed by atoms with van der Waals surface area (Å²) in [6.45, 7) is 4.34. The lowest BCUT2D eigenvalue weighted by molar-refractivity contribution is 0.832. The van der Waals surface area contributed by atoms with Crippen LogP contribution < -0.4 is 0 Å². The van der Waals surface area contributed by atoms with Crippen LogP contribution in [0.1, 0.15) is 25.5 Å². The molecule has 2 rings (SSSR count). The molecule has 0 saturated heterocycles. The van der Waals surface area contributed by atoms with Gasteiger partial charge in [-0.1, -0.05) is 13.8 Å². The summed E-state index contributed by atoms with van der Waals surface area (Å²) >= 11 is 0. The summed E-state index contributed by atoms with van der Waals surface area (Å²) in [5.74, 6) is 0.512. The number of nitrogens with zero attached hydrogens (tertiary/aromatic N) is 2. The normalized spacial score (nSPS) is 11.4. The van der Waals surface area contributed by atoms with Crippen molar-refractivity contribution >= 4 is 0 Å². The first kappa shape index (κ1) is 8.30. The zero-order chi connectivity index (χ0) is 9.42. The van der Waals surface area contributed by atoms with Gasteiger partial charge in [0.05, 0.1) is 5.69 Å². The second-order valence-corrected chi connectivity index (χ2v) is 3.79. The maximum Gasteiger partial charge on any atom is 0.0868 e. The van der Waals surface area contributed by atoms with Gasteiger partial charge in [0.25, 0.3) is 0 Å². The minimum absolute atomic E-state index is 0.512. The van der Waals surface area contributed by atoms with Crippen molar-refractivity contribution in [1.29, 1.82) is 0 Å². The molecule has 2 nitrogen and oxygen atoms in total. The van der Waals surface area contributed by atoms with Gasteiger partial charge in [-0.05, 0) is 18.1 Å². The van der Waals surface area contributed by atoms with Gasteiger partial charge >= 0.3 is 0 Å². The first-order chi connectivity index (χ1) is 6.16. The number of aryl methyl sites for hydroxylation is 1. The zero-order valence-electron chi connectivity index (χ0n) is 8.28. The summed E-state index contributed by atoms with van der Waals surface area (Å²) in [4.78, 5) is 4.55. The molecule has 0 aromatic rings. The van der Waals surface area contributed by atoms with Gasteiger partial charge in [-0.3, -0.25) is 4.98 Å². The molecule has 2 aliphatic heterocycles. The van der Waals surface area contributed by atoms with Crippen LogP contribution in [0.5, 0.6) is 0 Å². The molecule has 2 heterocycles. The zero-order valence-corrected chi connectivity index (χ0v) is 8.28. The molecule has 2 heteroatoms. The molecular formula is C11H14N2. The summed E-state index contributed by atoms with van der Waals surface area (Å²) in [5, 5.41) is 0. The molecule has 2 aliphatic rings. The summed E-state index contributed by atoms with van der Waals surface area (Å²) in [7, 11) is 2.02. The predicted octanol–water partition coefficient (Wildman–Crippen LogP) is 2.65. The monoisotopic (exact) mass is 174 g/mol. The lowest BCUT2D eigenvalue weighted by Gasteiger charge is -1.99. The highest BCUT2D eigenvalue weighted by atomic mass is 14.9. The van der Waals surface area contributed by atoms with E-state index in [1.807, 2.05) is 17.8 Å². The van der Waals surface area contributed by atoms with Gasteiger partial charge in [-0.25, -0.2) is 0 Å². The Morgan fingerprint density at radius 1 is 1.38 bits per heavy atom. The number of fused-ring (bicyclic) bond motifs is 1. The van der Waals surface area contributed by atoms with E-state index in [2.05, 4.69) is 37.2 Å². The molecule has 0 bridgehead atoms. The Morgan fingerprint density at radius 2 is 2.15 bits per heavy atom. The maximum absolute atomic E-state index is 4.55. The summed E-state index contributed by atoms with van der Waals surface area (Å²) in [6, 6.07) is 4.27. The molecule has 68 valence electrons. The van der Waals surface area contributed by atoms with Crippen molar-refractivity contribution in [1.82, 2.24) is 9.55 Å². The minimum atomic E-state index is 0.512. The van der Waals surface area contributed by atoms with Crippen molar-refractivity contribution in [3.05, 3.63) is 30.2 Å². The Kier molecular flexibility index (Phi) is 1.83. The first-order valence-corrected chi connectivity index (χ1v) is 4.59. The van der Waals surface area contributed by atoms with Crippen LogP contribution in [0.2, 0.25) is 0 Å². The molecule has 0 aromatic heterocycles. The van der Waals surface area contributed by atoms with E-state index >= 15 is 0 Å². The van der Waals surface area contributed by atoms with E-state index in [-0.39, 0.29) is 0 Å². The van der Waals surface area contributed by atoms with Crippen molar-refractivity contribution in [2.24, 2.45) is 7.05 Å². The fraction of sp³-hybridized carbons (Fsp3) is 0.364. The molecule has 0 aliphatic carbocycles. The van der Waals surface area contributed by atoms with Crippen LogP contribution in [-0.2, 0) is 7.05 Å². The third kappa shape index (κ3) is 1.44. The van der Waals surface area contributed by atoms with Gasteiger partial charge in [0.1, 0.15) is 0 Å². The van der Waals surface area contributed by atoms with Gasteiger partial charge in [-0.2, -0.15) is 0 Å². The Bertz CT molecular complexity index is 387. The topological polar surface area (TPSA) is 17.8 Å². The third-order valence-electron chi connectivity index (χ3n) is 2.26. The second-order valence-electron chi connectivity index (χ2n) is 3.79. The lowest BCUT2D eigenvalue weighted by atomic mass is 10.1. The lowest BCUT2D eigenvalue weighted by Crippen LogP contribution is -1.90. The van der Waals surface area contributed by atoms with Crippen LogP contribution in [0.3, 0.4) is 0 Å². The molecule has 0 unspecified atom stereocenters.